The number of rotatable bonds is 0. The van der Waals surface area contributed by atoms with Crippen molar-refractivity contribution in [2.24, 2.45) is 34.5 Å². The van der Waals surface area contributed by atoms with Gasteiger partial charge in [0.15, 0.2) is 0 Å². The van der Waals surface area contributed by atoms with E-state index in [1.54, 1.807) is 11.1 Å². The van der Waals surface area contributed by atoms with Crippen LogP contribution in [0.5, 0.6) is 0 Å². The molecule has 0 unspecified atom stereocenters. The van der Waals surface area contributed by atoms with E-state index in [4.69, 9.17) is 4.74 Å². The molecule has 1 aromatic carbocycles. The Bertz CT molecular complexity index is 652. The van der Waals surface area contributed by atoms with Gasteiger partial charge < -0.3 is 4.74 Å². The average Bonchev–Trinajstić information content (AvgIpc) is 3.33. The topological polar surface area (TPSA) is 12.5 Å². The van der Waals surface area contributed by atoms with Gasteiger partial charge in [0, 0.05) is 0 Å². The Kier molecular flexibility index (Phi) is 0.863. The zero-order valence-corrected chi connectivity index (χ0v) is 10.8. The van der Waals surface area contributed by atoms with Crippen LogP contribution in [-0.4, -0.2) is 12.2 Å². The van der Waals surface area contributed by atoms with Crippen molar-refractivity contribution in [1.82, 2.24) is 0 Å². The third-order valence-electron chi connectivity index (χ3n) is 8.78. The van der Waals surface area contributed by atoms with E-state index < -0.39 is 0 Å². The van der Waals surface area contributed by atoms with Crippen molar-refractivity contribution >= 4 is 0 Å². The second kappa shape index (κ2) is 1.94. The predicted molar refractivity (Wildman–Crippen MR) is 68.6 cm³/mol. The van der Waals surface area contributed by atoms with Crippen molar-refractivity contribution in [3.05, 3.63) is 35.4 Å². The van der Waals surface area contributed by atoms with Gasteiger partial charge in [-0.3, -0.25) is 0 Å². The third-order valence-corrected chi connectivity index (χ3v) is 8.78. The summed E-state index contributed by atoms with van der Waals surface area (Å²) in [5, 5.41) is 0. The van der Waals surface area contributed by atoms with Gasteiger partial charge in [-0.15, -0.1) is 0 Å². The van der Waals surface area contributed by atoms with E-state index in [0.717, 1.165) is 46.3 Å². The summed E-state index contributed by atoms with van der Waals surface area (Å²) in [6.07, 6.45) is 4.19. The van der Waals surface area contributed by atoms with Gasteiger partial charge in [0.25, 0.3) is 0 Å². The number of ether oxygens (including phenoxy) is 1. The maximum absolute atomic E-state index is 5.96. The molecule has 0 radical (unpaired) electrons. The van der Waals surface area contributed by atoms with Crippen LogP contribution < -0.4 is 0 Å². The lowest BCUT2D eigenvalue weighted by Crippen LogP contribution is -2.43. The first kappa shape index (κ1) is 8.46. The lowest BCUT2D eigenvalue weighted by atomic mass is 9.53. The van der Waals surface area contributed by atoms with Crippen molar-refractivity contribution in [2.45, 2.75) is 36.9 Å². The summed E-state index contributed by atoms with van der Waals surface area (Å²) in [5.74, 6) is 6.34. The molecule has 8 atom stereocenters. The zero-order chi connectivity index (χ0) is 11.7. The fraction of sp³-hybridized carbons (Fsp3) is 0.667. The Labute approximate surface area is 112 Å². The van der Waals surface area contributed by atoms with E-state index >= 15 is 0 Å². The van der Waals surface area contributed by atoms with Crippen LogP contribution in [-0.2, 0) is 4.74 Å². The van der Waals surface area contributed by atoms with Crippen LogP contribution in [0.3, 0.4) is 0 Å². The SMILES string of the molecule is c1ccc2c(c1)[C@H]1[C@H]3C4C5[C@]16C[C@@H]1O[C@H]1C[C@]56[C@@H]2[C@@H]43. The van der Waals surface area contributed by atoms with Crippen LogP contribution in [0.2, 0.25) is 0 Å². The molecule has 1 heteroatoms. The highest BCUT2D eigenvalue weighted by Gasteiger charge is 3.02. The number of hydrogen-bond acceptors (Lipinski definition) is 1. The fourth-order valence-corrected chi connectivity index (χ4v) is 8.88. The van der Waals surface area contributed by atoms with Gasteiger partial charge in [0.2, 0.25) is 0 Å². The van der Waals surface area contributed by atoms with Crippen LogP contribution in [0.1, 0.15) is 35.8 Å². The Hall–Kier alpha value is -0.820. The average molecular weight is 248 g/mol. The fourth-order valence-electron chi connectivity index (χ4n) is 8.88. The summed E-state index contributed by atoms with van der Waals surface area (Å²) in [6, 6.07) is 9.51. The molecule has 7 aliphatic carbocycles. The minimum atomic E-state index is 0.667. The van der Waals surface area contributed by atoms with Crippen molar-refractivity contribution in [2.75, 3.05) is 0 Å². The molecule has 0 N–H and O–H groups in total. The minimum absolute atomic E-state index is 0.667. The van der Waals surface area contributed by atoms with E-state index in [-0.39, 0.29) is 0 Å². The molecule has 0 aromatic heterocycles. The normalized spacial score (nSPS) is 73.1. The highest BCUT2D eigenvalue weighted by atomic mass is 16.6. The monoisotopic (exact) mass is 248 g/mol. The number of fused-ring (bicyclic) bond motifs is 1. The Morgan fingerprint density at radius 2 is 1.42 bits per heavy atom. The van der Waals surface area contributed by atoms with Crippen molar-refractivity contribution in [3.63, 3.8) is 0 Å². The molecule has 6 fully saturated rings. The second-order valence-electron chi connectivity index (χ2n) is 8.50. The van der Waals surface area contributed by atoms with Crippen molar-refractivity contribution in [3.8, 4) is 0 Å². The smallest absolute Gasteiger partial charge is 0.0848 e. The van der Waals surface area contributed by atoms with Crippen LogP contribution in [0, 0.1) is 34.5 Å². The van der Waals surface area contributed by atoms with E-state index in [9.17, 15) is 0 Å². The summed E-state index contributed by atoms with van der Waals surface area (Å²) < 4.78 is 5.96. The second-order valence-corrected chi connectivity index (χ2v) is 8.50. The third kappa shape index (κ3) is 0.521. The van der Waals surface area contributed by atoms with Gasteiger partial charge in [-0.05, 0) is 70.3 Å². The van der Waals surface area contributed by atoms with Crippen LogP contribution in [0.4, 0.5) is 0 Å². The Balaban J connectivity index is 1.52. The highest BCUT2D eigenvalue weighted by Crippen LogP contribution is 3.07. The first-order chi connectivity index (χ1) is 9.39. The molecule has 1 nitrogen and oxygen atoms in total. The van der Waals surface area contributed by atoms with Crippen molar-refractivity contribution < 1.29 is 4.74 Å². The molecule has 94 valence electrons. The Morgan fingerprint density at radius 1 is 0.842 bits per heavy atom. The maximum atomic E-state index is 5.96. The molecule has 9 rings (SSSR count). The molecule has 1 heterocycles. The van der Waals surface area contributed by atoms with Gasteiger partial charge in [-0.1, -0.05) is 24.3 Å². The molecule has 0 amide bonds. The first-order valence-corrected chi connectivity index (χ1v) is 8.14. The molecule has 1 aromatic rings. The summed E-state index contributed by atoms with van der Waals surface area (Å²) in [6.45, 7) is 0. The molecule has 1 aliphatic heterocycles. The molecule has 2 bridgehead atoms. The van der Waals surface area contributed by atoms with Gasteiger partial charge in [0.05, 0.1) is 12.2 Å². The molecule has 5 saturated carbocycles. The summed E-state index contributed by atoms with van der Waals surface area (Å²) in [5.41, 5.74) is 5.00. The summed E-state index contributed by atoms with van der Waals surface area (Å²) in [7, 11) is 0. The molecule has 1 saturated heterocycles. The van der Waals surface area contributed by atoms with E-state index in [0.29, 0.717) is 12.2 Å². The largest absolute Gasteiger partial charge is 0.370 e. The van der Waals surface area contributed by atoms with Gasteiger partial charge in [-0.25, -0.2) is 0 Å². The number of hydrogen-bond donors (Lipinski definition) is 0. The van der Waals surface area contributed by atoms with Gasteiger partial charge in [-0.2, -0.15) is 0 Å². The van der Waals surface area contributed by atoms with E-state index in [1.807, 2.05) is 0 Å². The zero-order valence-electron chi connectivity index (χ0n) is 10.8. The lowest BCUT2D eigenvalue weighted by molar-refractivity contribution is 0.106. The van der Waals surface area contributed by atoms with E-state index in [2.05, 4.69) is 24.3 Å². The summed E-state index contributed by atoms with van der Waals surface area (Å²) in [4.78, 5) is 0. The van der Waals surface area contributed by atoms with Gasteiger partial charge in [0.1, 0.15) is 0 Å². The van der Waals surface area contributed by atoms with Crippen molar-refractivity contribution in [1.29, 1.82) is 0 Å². The lowest BCUT2D eigenvalue weighted by Gasteiger charge is -2.50. The molecule has 8 aliphatic rings. The predicted octanol–water partition coefficient (Wildman–Crippen LogP) is 2.92. The highest BCUT2D eigenvalue weighted by molar-refractivity contribution is 5.63. The first-order valence-electron chi connectivity index (χ1n) is 8.14. The number of benzene rings is 1. The van der Waals surface area contributed by atoms with Crippen LogP contribution in [0.25, 0.3) is 0 Å². The number of epoxide rings is 1. The van der Waals surface area contributed by atoms with Crippen LogP contribution in [0.15, 0.2) is 24.3 Å². The molecular formula is C18H16O. The van der Waals surface area contributed by atoms with E-state index in [1.165, 1.54) is 12.8 Å². The Morgan fingerprint density at radius 3 is 2.00 bits per heavy atom. The molecule has 2 spiro atoms. The molecular weight excluding hydrogens is 232 g/mol. The quantitative estimate of drug-likeness (QED) is 0.643. The standard InChI is InChI=1S/C18H16O/c1-2-4-8-7(3-1)14-11-12-13(11)16-17(14)5-9-10(19-9)6-18(16,17)15(8)12/h1-4,9-16H,5-6H2/t9-,10-,11+,12+,13?,14-,15-,16?,17-,18-/m0/s1. The van der Waals surface area contributed by atoms with Crippen LogP contribution >= 0.6 is 0 Å². The summed E-state index contributed by atoms with van der Waals surface area (Å²) >= 11 is 0. The minimum Gasteiger partial charge on any atom is -0.370 e. The maximum Gasteiger partial charge on any atom is 0.0848 e. The molecule has 19 heavy (non-hydrogen) atoms. The van der Waals surface area contributed by atoms with Gasteiger partial charge >= 0.3 is 0 Å².